The molecular weight excluding hydrogens is 276 g/mol. The number of nitrogens with zero attached hydrogens (tertiary/aromatic N) is 1. The maximum Gasteiger partial charge on any atom is 0.242 e. The van der Waals surface area contributed by atoms with E-state index in [1.807, 2.05) is 12.1 Å². The second-order valence-corrected chi connectivity index (χ2v) is 5.74. The Labute approximate surface area is 123 Å². The van der Waals surface area contributed by atoms with E-state index in [1.54, 1.807) is 18.3 Å². The van der Waals surface area contributed by atoms with E-state index in [0.717, 1.165) is 24.8 Å². The highest BCUT2D eigenvalue weighted by molar-refractivity contribution is 6.30. The minimum atomic E-state index is -0.849. The Morgan fingerprint density at radius 2 is 1.95 bits per heavy atom. The Hall–Kier alpha value is -1.39. The summed E-state index contributed by atoms with van der Waals surface area (Å²) in [6.07, 6.45) is 6.17. The van der Waals surface area contributed by atoms with E-state index in [2.05, 4.69) is 10.5 Å². The lowest BCUT2D eigenvalue weighted by atomic mass is 9.82. The minimum Gasteiger partial charge on any atom is -0.389 e. The highest BCUT2D eigenvalue weighted by Gasteiger charge is 2.31. The number of aliphatic hydroxyl groups is 1. The van der Waals surface area contributed by atoms with Crippen molar-refractivity contribution in [2.75, 3.05) is 0 Å². The Morgan fingerprint density at radius 1 is 1.30 bits per heavy atom. The van der Waals surface area contributed by atoms with Gasteiger partial charge in [0.15, 0.2) is 0 Å². The molecule has 108 valence electrons. The second-order valence-electron chi connectivity index (χ2n) is 5.31. The number of hydrogen-bond donors (Lipinski definition) is 2. The fourth-order valence-corrected chi connectivity index (χ4v) is 2.58. The number of benzene rings is 1. The van der Waals surface area contributed by atoms with Crippen molar-refractivity contribution >= 4 is 23.7 Å². The lowest BCUT2D eigenvalue weighted by Gasteiger charge is -2.31. The molecule has 0 aromatic heterocycles. The van der Waals surface area contributed by atoms with Gasteiger partial charge >= 0.3 is 0 Å². The van der Waals surface area contributed by atoms with Gasteiger partial charge in [0, 0.05) is 5.02 Å². The molecule has 0 radical (unpaired) electrons. The molecule has 1 aromatic rings. The fraction of sp³-hybridized carbons (Fsp3) is 0.467. The third kappa shape index (κ3) is 4.62. The first kappa shape index (κ1) is 15.0. The molecule has 1 aliphatic rings. The number of amides is 1. The predicted molar refractivity (Wildman–Crippen MR) is 79.8 cm³/mol. The zero-order valence-electron chi connectivity index (χ0n) is 11.3. The first-order chi connectivity index (χ1) is 9.57. The van der Waals surface area contributed by atoms with Gasteiger partial charge in [-0.05, 0) is 30.5 Å². The summed E-state index contributed by atoms with van der Waals surface area (Å²) in [4.78, 5) is 11.8. The summed E-state index contributed by atoms with van der Waals surface area (Å²) in [6, 6.07) is 7.14. The number of hydrazone groups is 1. The van der Waals surface area contributed by atoms with Crippen LogP contribution in [0.2, 0.25) is 5.02 Å². The largest absolute Gasteiger partial charge is 0.389 e. The molecule has 1 aliphatic carbocycles. The molecule has 0 bridgehead atoms. The molecule has 2 rings (SSSR count). The van der Waals surface area contributed by atoms with E-state index in [-0.39, 0.29) is 12.3 Å². The summed E-state index contributed by atoms with van der Waals surface area (Å²) in [5.74, 6) is -0.250. The van der Waals surface area contributed by atoms with E-state index in [0.29, 0.717) is 17.9 Å². The van der Waals surface area contributed by atoms with Crippen molar-refractivity contribution < 1.29 is 9.90 Å². The Kier molecular flexibility index (Phi) is 5.15. The van der Waals surface area contributed by atoms with Crippen molar-refractivity contribution in [2.45, 2.75) is 44.1 Å². The summed E-state index contributed by atoms with van der Waals surface area (Å²) in [7, 11) is 0. The Balaban J connectivity index is 1.81. The Morgan fingerprint density at radius 3 is 2.60 bits per heavy atom. The van der Waals surface area contributed by atoms with Crippen LogP contribution < -0.4 is 5.43 Å². The molecule has 1 fully saturated rings. The van der Waals surface area contributed by atoms with Crippen molar-refractivity contribution in [2.24, 2.45) is 5.10 Å². The SMILES string of the molecule is O=C(CC1(O)CCCCC1)N/N=C\c1ccc(Cl)cc1. The zero-order chi connectivity index (χ0) is 14.4. The first-order valence-electron chi connectivity index (χ1n) is 6.87. The summed E-state index contributed by atoms with van der Waals surface area (Å²) < 4.78 is 0. The van der Waals surface area contributed by atoms with Gasteiger partial charge in [-0.2, -0.15) is 5.10 Å². The molecule has 0 aliphatic heterocycles. The summed E-state index contributed by atoms with van der Waals surface area (Å²) in [6.45, 7) is 0. The third-order valence-corrected chi connectivity index (χ3v) is 3.80. The zero-order valence-corrected chi connectivity index (χ0v) is 12.1. The van der Waals surface area contributed by atoms with Crippen molar-refractivity contribution in [3.05, 3.63) is 34.9 Å². The molecule has 0 saturated heterocycles. The molecule has 1 amide bonds. The van der Waals surface area contributed by atoms with Crippen LogP contribution in [-0.4, -0.2) is 22.8 Å². The van der Waals surface area contributed by atoms with Crippen LogP contribution >= 0.6 is 11.6 Å². The normalized spacial score (nSPS) is 18.1. The van der Waals surface area contributed by atoms with Crippen molar-refractivity contribution in [3.63, 3.8) is 0 Å². The lowest BCUT2D eigenvalue weighted by molar-refractivity contribution is -0.127. The van der Waals surface area contributed by atoms with Gasteiger partial charge in [0.25, 0.3) is 0 Å². The summed E-state index contributed by atoms with van der Waals surface area (Å²) in [5.41, 5.74) is 2.46. The molecule has 0 atom stereocenters. The molecule has 4 nitrogen and oxygen atoms in total. The Bertz CT molecular complexity index is 479. The molecule has 1 aromatic carbocycles. The van der Waals surface area contributed by atoms with E-state index in [1.165, 1.54) is 0 Å². The second kappa shape index (κ2) is 6.86. The number of carbonyl (C=O) groups excluding carboxylic acids is 1. The van der Waals surface area contributed by atoms with Crippen LogP contribution in [0.1, 0.15) is 44.1 Å². The molecule has 0 spiro atoms. The van der Waals surface area contributed by atoms with Gasteiger partial charge < -0.3 is 5.11 Å². The molecule has 0 unspecified atom stereocenters. The number of rotatable bonds is 4. The van der Waals surface area contributed by atoms with Crippen LogP contribution in [-0.2, 0) is 4.79 Å². The smallest absolute Gasteiger partial charge is 0.242 e. The fourth-order valence-electron chi connectivity index (χ4n) is 2.45. The van der Waals surface area contributed by atoms with E-state index >= 15 is 0 Å². The summed E-state index contributed by atoms with van der Waals surface area (Å²) >= 11 is 5.78. The molecule has 0 heterocycles. The predicted octanol–water partition coefficient (Wildman–Crippen LogP) is 2.88. The van der Waals surface area contributed by atoms with Gasteiger partial charge in [-0.25, -0.2) is 5.43 Å². The van der Waals surface area contributed by atoms with Crippen LogP contribution in [0.4, 0.5) is 0 Å². The van der Waals surface area contributed by atoms with Gasteiger partial charge in [0.2, 0.25) is 5.91 Å². The van der Waals surface area contributed by atoms with E-state index in [4.69, 9.17) is 11.6 Å². The standard InChI is InChI=1S/C15H19ClN2O2/c16-13-6-4-12(5-7-13)11-17-18-14(19)10-15(20)8-2-1-3-9-15/h4-7,11,20H,1-3,8-10H2,(H,18,19)/b17-11-. The van der Waals surface area contributed by atoms with Crippen LogP contribution in [0.3, 0.4) is 0 Å². The molecule has 20 heavy (non-hydrogen) atoms. The molecular formula is C15H19ClN2O2. The number of carbonyl (C=O) groups is 1. The molecule has 2 N–H and O–H groups in total. The first-order valence-corrected chi connectivity index (χ1v) is 7.25. The van der Waals surface area contributed by atoms with Gasteiger partial charge in [-0.1, -0.05) is 43.0 Å². The highest BCUT2D eigenvalue weighted by atomic mass is 35.5. The maximum atomic E-state index is 11.8. The van der Waals surface area contributed by atoms with Crippen LogP contribution in [0.25, 0.3) is 0 Å². The number of halogens is 1. The van der Waals surface area contributed by atoms with E-state index in [9.17, 15) is 9.90 Å². The molecule has 5 heteroatoms. The summed E-state index contributed by atoms with van der Waals surface area (Å²) in [5, 5.41) is 14.8. The van der Waals surface area contributed by atoms with E-state index < -0.39 is 5.60 Å². The van der Waals surface area contributed by atoms with Crippen LogP contribution in [0.5, 0.6) is 0 Å². The minimum absolute atomic E-state index is 0.116. The van der Waals surface area contributed by atoms with Crippen molar-refractivity contribution in [3.8, 4) is 0 Å². The van der Waals surface area contributed by atoms with Crippen LogP contribution in [0, 0.1) is 0 Å². The van der Waals surface area contributed by atoms with Crippen molar-refractivity contribution in [1.29, 1.82) is 0 Å². The number of hydrogen-bond acceptors (Lipinski definition) is 3. The van der Waals surface area contributed by atoms with Gasteiger partial charge in [-0.3, -0.25) is 4.79 Å². The molecule has 1 saturated carbocycles. The number of nitrogens with one attached hydrogen (secondary N) is 1. The van der Waals surface area contributed by atoms with Gasteiger partial charge in [0.1, 0.15) is 0 Å². The van der Waals surface area contributed by atoms with Gasteiger partial charge in [-0.15, -0.1) is 0 Å². The highest BCUT2D eigenvalue weighted by Crippen LogP contribution is 2.30. The quantitative estimate of drug-likeness (QED) is 0.662. The maximum absolute atomic E-state index is 11.8. The lowest BCUT2D eigenvalue weighted by Crippen LogP contribution is -2.37. The average molecular weight is 295 g/mol. The average Bonchev–Trinajstić information content (AvgIpc) is 2.41. The monoisotopic (exact) mass is 294 g/mol. The van der Waals surface area contributed by atoms with Gasteiger partial charge in [0.05, 0.1) is 18.2 Å². The third-order valence-electron chi connectivity index (χ3n) is 3.55. The topological polar surface area (TPSA) is 61.7 Å². The van der Waals surface area contributed by atoms with Crippen LogP contribution in [0.15, 0.2) is 29.4 Å². The van der Waals surface area contributed by atoms with Crippen molar-refractivity contribution in [1.82, 2.24) is 5.43 Å².